The Morgan fingerprint density at radius 1 is 1.29 bits per heavy atom. The maximum absolute atomic E-state index is 5.73. The van der Waals surface area contributed by atoms with E-state index in [0.29, 0.717) is 5.15 Å². The normalized spacial score (nSPS) is 10.2. The van der Waals surface area contributed by atoms with Gasteiger partial charge in [-0.15, -0.1) is 11.8 Å². The second-order valence-corrected chi connectivity index (χ2v) is 4.89. The van der Waals surface area contributed by atoms with Crippen molar-refractivity contribution in [2.75, 3.05) is 7.11 Å². The van der Waals surface area contributed by atoms with Gasteiger partial charge in [0.2, 0.25) is 0 Å². The zero-order chi connectivity index (χ0) is 12.1. The average molecular weight is 266 g/mol. The summed E-state index contributed by atoms with van der Waals surface area (Å²) in [5, 5.41) is 0.528. The van der Waals surface area contributed by atoms with Crippen molar-refractivity contribution in [1.29, 1.82) is 0 Å². The van der Waals surface area contributed by atoms with Crippen molar-refractivity contribution < 1.29 is 4.74 Å². The van der Waals surface area contributed by atoms with Gasteiger partial charge >= 0.3 is 0 Å². The number of thioether (sulfide) groups is 1. The number of benzene rings is 1. The van der Waals surface area contributed by atoms with Crippen molar-refractivity contribution in [3.8, 4) is 5.75 Å². The van der Waals surface area contributed by atoms with E-state index in [9.17, 15) is 0 Å². The molecule has 0 radical (unpaired) electrons. The van der Waals surface area contributed by atoms with Gasteiger partial charge in [-0.2, -0.15) is 0 Å². The molecule has 0 N–H and O–H groups in total. The summed E-state index contributed by atoms with van der Waals surface area (Å²) in [5.41, 5.74) is 1.15. The number of methoxy groups -OCH3 is 1. The molecule has 0 saturated carbocycles. The van der Waals surface area contributed by atoms with Crippen LogP contribution in [0.5, 0.6) is 5.75 Å². The van der Waals surface area contributed by atoms with Crippen LogP contribution >= 0.6 is 23.4 Å². The summed E-state index contributed by atoms with van der Waals surface area (Å²) in [6.45, 7) is 0. The van der Waals surface area contributed by atoms with E-state index >= 15 is 0 Å². The predicted octanol–water partition coefficient (Wildman–Crippen LogP) is 4.04. The number of aromatic nitrogens is 1. The van der Waals surface area contributed by atoms with Crippen LogP contribution in [0.2, 0.25) is 5.15 Å². The summed E-state index contributed by atoms with van der Waals surface area (Å²) in [6, 6.07) is 11.8. The Hall–Kier alpha value is -1.19. The van der Waals surface area contributed by atoms with E-state index in [1.165, 1.54) is 4.90 Å². The van der Waals surface area contributed by atoms with E-state index in [0.717, 1.165) is 17.1 Å². The SMILES string of the molecule is COc1cccc(SCc2ccc(Cl)nc2)c1. The van der Waals surface area contributed by atoms with Crippen molar-refractivity contribution >= 4 is 23.4 Å². The highest BCUT2D eigenvalue weighted by molar-refractivity contribution is 7.98. The Morgan fingerprint density at radius 2 is 2.18 bits per heavy atom. The molecule has 2 rings (SSSR count). The molecular weight excluding hydrogens is 254 g/mol. The van der Waals surface area contributed by atoms with Gasteiger partial charge in [-0.25, -0.2) is 4.98 Å². The predicted molar refractivity (Wildman–Crippen MR) is 71.8 cm³/mol. The summed E-state index contributed by atoms with van der Waals surface area (Å²) in [7, 11) is 1.67. The fraction of sp³-hybridized carbons (Fsp3) is 0.154. The first-order valence-corrected chi connectivity index (χ1v) is 6.51. The van der Waals surface area contributed by atoms with Crippen LogP contribution in [0.25, 0.3) is 0 Å². The number of hydrogen-bond acceptors (Lipinski definition) is 3. The number of rotatable bonds is 4. The molecular formula is C13H12ClNOS. The third-order valence-electron chi connectivity index (χ3n) is 2.24. The third kappa shape index (κ3) is 3.65. The lowest BCUT2D eigenvalue weighted by molar-refractivity contribution is 0.413. The van der Waals surface area contributed by atoms with E-state index in [2.05, 4.69) is 11.1 Å². The summed E-state index contributed by atoms with van der Waals surface area (Å²) >= 11 is 7.48. The molecule has 1 aromatic heterocycles. The van der Waals surface area contributed by atoms with Gasteiger partial charge in [0, 0.05) is 16.8 Å². The molecule has 0 aliphatic heterocycles. The molecule has 1 heterocycles. The number of hydrogen-bond donors (Lipinski definition) is 0. The molecule has 17 heavy (non-hydrogen) atoms. The topological polar surface area (TPSA) is 22.1 Å². The van der Waals surface area contributed by atoms with Crippen molar-refractivity contribution in [2.45, 2.75) is 10.6 Å². The molecule has 0 aliphatic carbocycles. The number of halogens is 1. The molecule has 2 aromatic rings. The lowest BCUT2D eigenvalue weighted by atomic mass is 10.3. The van der Waals surface area contributed by atoms with Crippen molar-refractivity contribution in [2.24, 2.45) is 0 Å². The Balaban J connectivity index is 1.99. The molecule has 0 spiro atoms. The lowest BCUT2D eigenvalue weighted by Crippen LogP contribution is -1.84. The first-order chi connectivity index (χ1) is 8.28. The molecule has 0 aliphatic rings. The van der Waals surface area contributed by atoms with Gasteiger partial charge in [-0.1, -0.05) is 23.7 Å². The van der Waals surface area contributed by atoms with E-state index in [1.54, 1.807) is 25.1 Å². The van der Waals surface area contributed by atoms with Gasteiger partial charge < -0.3 is 4.74 Å². The Bertz CT molecular complexity index is 487. The van der Waals surface area contributed by atoms with Gasteiger partial charge in [0.15, 0.2) is 0 Å². The van der Waals surface area contributed by atoms with Crippen LogP contribution in [0.1, 0.15) is 5.56 Å². The third-order valence-corrected chi connectivity index (χ3v) is 3.52. The average Bonchev–Trinajstić information content (AvgIpc) is 2.38. The molecule has 0 bridgehead atoms. The van der Waals surface area contributed by atoms with E-state index in [-0.39, 0.29) is 0 Å². The van der Waals surface area contributed by atoms with Crippen LogP contribution in [-0.2, 0) is 5.75 Å². The van der Waals surface area contributed by atoms with Gasteiger partial charge in [-0.3, -0.25) is 0 Å². The zero-order valence-electron chi connectivity index (χ0n) is 9.39. The lowest BCUT2D eigenvalue weighted by Gasteiger charge is -2.04. The number of nitrogens with zero attached hydrogens (tertiary/aromatic N) is 1. The first kappa shape index (κ1) is 12.3. The van der Waals surface area contributed by atoms with E-state index in [1.807, 2.05) is 30.3 Å². The van der Waals surface area contributed by atoms with E-state index < -0.39 is 0 Å². The summed E-state index contributed by atoms with van der Waals surface area (Å²) < 4.78 is 5.18. The van der Waals surface area contributed by atoms with Crippen LogP contribution in [-0.4, -0.2) is 12.1 Å². The molecule has 0 amide bonds. The Labute approximate surface area is 110 Å². The van der Waals surface area contributed by atoms with Crippen molar-refractivity contribution in [3.63, 3.8) is 0 Å². The molecule has 88 valence electrons. The fourth-order valence-corrected chi connectivity index (χ4v) is 2.34. The molecule has 4 heteroatoms. The second kappa shape index (κ2) is 5.94. The van der Waals surface area contributed by atoms with Crippen molar-refractivity contribution in [1.82, 2.24) is 4.98 Å². The molecule has 0 saturated heterocycles. The highest BCUT2D eigenvalue weighted by atomic mass is 35.5. The van der Waals surface area contributed by atoms with Crippen LogP contribution in [0.15, 0.2) is 47.5 Å². The monoisotopic (exact) mass is 265 g/mol. The maximum atomic E-state index is 5.73. The molecule has 0 atom stereocenters. The van der Waals surface area contributed by atoms with Gasteiger partial charge in [0.25, 0.3) is 0 Å². The fourth-order valence-electron chi connectivity index (χ4n) is 1.35. The zero-order valence-corrected chi connectivity index (χ0v) is 11.0. The number of pyridine rings is 1. The van der Waals surface area contributed by atoms with Gasteiger partial charge in [-0.05, 0) is 29.8 Å². The molecule has 1 aromatic carbocycles. The summed E-state index contributed by atoms with van der Waals surface area (Å²) in [5.74, 6) is 1.75. The molecule has 0 fully saturated rings. The molecule has 2 nitrogen and oxygen atoms in total. The van der Waals surface area contributed by atoms with Crippen LogP contribution < -0.4 is 4.74 Å². The van der Waals surface area contributed by atoms with Crippen LogP contribution in [0.4, 0.5) is 0 Å². The largest absolute Gasteiger partial charge is 0.497 e. The van der Waals surface area contributed by atoms with Crippen LogP contribution in [0, 0.1) is 0 Å². The number of ether oxygens (including phenoxy) is 1. The van der Waals surface area contributed by atoms with Gasteiger partial charge in [0.05, 0.1) is 7.11 Å². The maximum Gasteiger partial charge on any atom is 0.129 e. The smallest absolute Gasteiger partial charge is 0.129 e. The summed E-state index contributed by atoms with van der Waals surface area (Å²) in [4.78, 5) is 5.23. The quantitative estimate of drug-likeness (QED) is 0.615. The van der Waals surface area contributed by atoms with Gasteiger partial charge in [0.1, 0.15) is 10.9 Å². The Kier molecular flexibility index (Phi) is 4.29. The highest BCUT2D eigenvalue weighted by Gasteiger charge is 1.99. The first-order valence-electron chi connectivity index (χ1n) is 5.15. The van der Waals surface area contributed by atoms with Crippen LogP contribution in [0.3, 0.4) is 0 Å². The summed E-state index contributed by atoms with van der Waals surface area (Å²) in [6.07, 6.45) is 1.80. The molecule has 0 unspecified atom stereocenters. The highest BCUT2D eigenvalue weighted by Crippen LogP contribution is 2.25. The minimum absolute atomic E-state index is 0.528. The second-order valence-electron chi connectivity index (χ2n) is 3.46. The van der Waals surface area contributed by atoms with E-state index in [4.69, 9.17) is 16.3 Å². The van der Waals surface area contributed by atoms with Crippen molar-refractivity contribution in [3.05, 3.63) is 53.3 Å². The Morgan fingerprint density at radius 3 is 2.88 bits per heavy atom. The minimum atomic E-state index is 0.528. The standard InChI is InChI=1S/C13H12ClNOS/c1-16-11-3-2-4-12(7-11)17-9-10-5-6-13(14)15-8-10/h2-8H,9H2,1H3. The minimum Gasteiger partial charge on any atom is -0.497 e.